The van der Waals surface area contributed by atoms with Crippen LogP contribution < -0.4 is 10.6 Å². The van der Waals surface area contributed by atoms with Gasteiger partial charge in [-0.3, -0.25) is 0 Å². The van der Waals surface area contributed by atoms with Crippen LogP contribution >= 0.6 is 0 Å². The van der Waals surface area contributed by atoms with Crippen molar-refractivity contribution in [1.29, 1.82) is 0 Å². The number of likely N-dealkylation sites (N-methyl/N-ethyl adjacent to an activating group) is 1. The van der Waals surface area contributed by atoms with E-state index in [2.05, 4.69) is 22.6 Å². The monoisotopic (exact) mass is 285 g/mol. The Morgan fingerprint density at radius 2 is 2.25 bits per heavy atom. The number of nitrogens with zero attached hydrogens (tertiary/aromatic N) is 1. The topological polar surface area (TPSA) is 45.8 Å². The molecule has 118 valence electrons. The second kappa shape index (κ2) is 8.95. The highest BCUT2D eigenvalue weighted by atomic mass is 16.5. The third kappa shape index (κ3) is 4.97. The Hall–Kier alpha value is -0.200. The maximum Gasteiger partial charge on any atom is 0.0623 e. The third-order valence-corrected chi connectivity index (χ3v) is 4.61. The number of methoxy groups -OCH3 is 1. The summed E-state index contributed by atoms with van der Waals surface area (Å²) in [6.07, 6.45) is 3.99. The minimum absolute atomic E-state index is 0.551. The molecule has 1 heterocycles. The minimum atomic E-state index is 0.551. The lowest BCUT2D eigenvalue weighted by atomic mass is 9.94. The van der Waals surface area contributed by atoms with E-state index < -0.39 is 0 Å². The molecule has 0 spiro atoms. The quantitative estimate of drug-likeness (QED) is 0.672. The molecule has 1 aliphatic carbocycles. The van der Waals surface area contributed by atoms with E-state index >= 15 is 0 Å². The molecule has 1 aliphatic heterocycles. The summed E-state index contributed by atoms with van der Waals surface area (Å²) in [4.78, 5) is 2.32. The molecule has 0 aromatic carbocycles. The van der Waals surface area contributed by atoms with Crippen molar-refractivity contribution in [2.45, 2.75) is 31.3 Å². The highest BCUT2D eigenvalue weighted by Gasteiger charge is 2.34. The van der Waals surface area contributed by atoms with Gasteiger partial charge in [0, 0.05) is 45.4 Å². The van der Waals surface area contributed by atoms with Gasteiger partial charge >= 0.3 is 0 Å². The van der Waals surface area contributed by atoms with Gasteiger partial charge in [-0.1, -0.05) is 6.42 Å². The zero-order chi connectivity index (χ0) is 14.2. The van der Waals surface area contributed by atoms with Gasteiger partial charge in [-0.05, 0) is 25.8 Å². The van der Waals surface area contributed by atoms with Crippen LogP contribution in [0.5, 0.6) is 0 Å². The van der Waals surface area contributed by atoms with Gasteiger partial charge in [0.15, 0.2) is 0 Å². The van der Waals surface area contributed by atoms with Gasteiger partial charge < -0.3 is 25.0 Å². The molecule has 5 heteroatoms. The van der Waals surface area contributed by atoms with Crippen LogP contribution in [0.1, 0.15) is 19.3 Å². The zero-order valence-corrected chi connectivity index (χ0v) is 13.1. The summed E-state index contributed by atoms with van der Waals surface area (Å²) in [7, 11) is 3.91. The van der Waals surface area contributed by atoms with E-state index in [0.717, 1.165) is 51.9 Å². The molecule has 1 saturated carbocycles. The van der Waals surface area contributed by atoms with Crippen LogP contribution in [0.4, 0.5) is 0 Å². The predicted octanol–water partition coefficient (Wildman–Crippen LogP) is 0.311. The Kier molecular flexibility index (Phi) is 7.24. The Balaban J connectivity index is 1.66. The number of morpholine rings is 1. The van der Waals surface area contributed by atoms with Gasteiger partial charge in [0.25, 0.3) is 0 Å². The van der Waals surface area contributed by atoms with E-state index in [1.165, 1.54) is 19.3 Å². The first-order valence-electron chi connectivity index (χ1n) is 8.03. The van der Waals surface area contributed by atoms with Gasteiger partial charge in [-0.2, -0.15) is 0 Å². The van der Waals surface area contributed by atoms with Gasteiger partial charge in [-0.15, -0.1) is 0 Å². The first-order chi connectivity index (χ1) is 9.81. The number of rotatable bonds is 8. The molecular weight excluding hydrogens is 254 g/mol. The Labute approximate surface area is 123 Å². The van der Waals surface area contributed by atoms with E-state index in [4.69, 9.17) is 9.47 Å². The minimum Gasteiger partial charge on any atom is -0.383 e. The van der Waals surface area contributed by atoms with Crippen molar-refractivity contribution in [3.05, 3.63) is 0 Å². The van der Waals surface area contributed by atoms with E-state index in [-0.39, 0.29) is 0 Å². The first-order valence-corrected chi connectivity index (χ1v) is 8.03. The van der Waals surface area contributed by atoms with Crippen molar-refractivity contribution in [1.82, 2.24) is 15.5 Å². The van der Waals surface area contributed by atoms with Crippen LogP contribution in [-0.4, -0.2) is 77.1 Å². The number of nitrogens with one attached hydrogen (secondary N) is 2. The summed E-state index contributed by atoms with van der Waals surface area (Å²) in [6, 6.07) is 1.21. The second-order valence-electron chi connectivity index (χ2n) is 6.09. The molecule has 0 radical (unpaired) electrons. The molecule has 1 saturated heterocycles. The number of hydrogen-bond donors (Lipinski definition) is 2. The lowest BCUT2D eigenvalue weighted by molar-refractivity contribution is 0.0523. The third-order valence-electron chi connectivity index (χ3n) is 4.61. The molecule has 2 rings (SSSR count). The number of ether oxygens (including phenoxy) is 2. The largest absolute Gasteiger partial charge is 0.383 e. The fraction of sp³-hybridized carbons (Fsp3) is 1.00. The summed E-state index contributed by atoms with van der Waals surface area (Å²) in [5.41, 5.74) is 0. The van der Waals surface area contributed by atoms with Crippen LogP contribution in [0.3, 0.4) is 0 Å². The zero-order valence-electron chi connectivity index (χ0n) is 13.1. The van der Waals surface area contributed by atoms with Crippen molar-refractivity contribution in [3.63, 3.8) is 0 Å². The van der Waals surface area contributed by atoms with Crippen molar-refractivity contribution < 1.29 is 9.47 Å². The average molecular weight is 285 g/mol. The second-order valence-corrected chi connectivity index (χ2v) is 6.09. The molecule has 0 bridgehead atoms. The Morgan fingerprint density at radius 3 is 3.00 bits per heavy atom. The fourth-order valence-corrected chi connectivity index (χ4v) is 3.38. The summed E-state index contributed by atoms with van der Waals surface area (Å²) >= 11 is 0. The average Bonchev–Trinajstić information content (AvgIpc) is 2.94. The standard InChI is InChI=1S/C15H31N3O2/c1-18(9-11-19-2)8-6-16-14-5-3-4-13(14)15-12-20-10-7-17-15/h13-17H,3-12H2,1-2H3. The lowest BCUT2D eigenvalue weighted by Gasteiger charge is -2.33. The Bertz CT molecular complexity index is 260. The van der Waals surface area contributed by atoms with Crippen molar-refractivity contribution in [2.24, 2.45) is 5.92 Å². The highest BCUT2D eigenvalue weighted by Crippen LogP contribution is 2.29. The lowest BCUT2D eigenvalue weighted by Crippen LogP contribution is -2.51. The van der Waals surface area contributed by atoms with Crippen LogP contribution in [-0.2, 0) is 9.47 Å². The summed E-state index contributed by atoms with van der Waals surface area (Å²) in [5, 5.41) is 7.38. The molecule has 2 N–H and O–H groups in total. The van der Waals surface area contributed by atoms with Crippen molar-refractivity contribution >= 4 is 0 Å². The molecule has 0 amide bonds. The molecule has 5 nitrogen and oxygen atoms in total. The molecule has 0 aromatic rings. The summed E-state index contributed by atoms with van der Waals surface area (Å²) in [6.45, 7) is 6.72. The van der Waals surface area contributed by atoms with Crippen molar-refractivity contribution in [2.75, 3.05) is 60.2 Å². The molecular formula is C15H31N3O2. The van der Waals surface area contributed by atoms with Gasteiger partial charge in [-0.25, -0.2) is 0 Å². The van der Waals surface area contributed by atoms with Crippen LogP contribution in [0.25, 0.3) is 0 Å². The maximum absolute atomic E-state index is 5.62. The highest BCUT2D eigenvalue weighted by molar-refractivity contribution is 4.92. The summed E-state index contributed by atoms with van der Waals surface area (Å²) < 4.78 is 10.7. The fourth-order valence-electron chi connectivity index (χ4n) is 3.38. The first kappa shape index (κ1) is 16.2. The van der Waals surface area contributed by atoms with E-state index in [1.54, 1.807) is 7.11 Å². The molecule has 2 fully saturated rings. The molecule has 0 aromatic heterocycles. The van der Waals surface area contributed by atoms with Crippen molar-refractivity contribution in [3.8, 4) is 0 Å². The predicted molar refractivity (Wildman–Crippen MR) is 81.1 cm³/mol. The van der Waals surface area contributed by atoms with Crippen LogP contribution in [0, 0.1) is 5.92 Å². The van der Waals surface area contributed by atoms with E-state index in [0.29, 0.717) is 12.1 Å². The normalized spacial score (nSPS) is 31.1. The van der Waals surface area contributed by atoms with Gasteiger partial charge in [0.2, 0.25) is 0 Å². The molecule has 3 atom stereocenters. The smallest absolute Gasteiger partial charge is 0.0623 e. The number of hydrogen-bond acceptors (Lipinski definition) is 5. The van der Waals surface area contributed by atoms with E-state index in [1.807, 2.05) is 0 Å². The van der Waals surface area contributed by atoms with E-state index in [9.17, 15) is 0 Å². The molecule has 2 aliphatic rings. The van der Waals surface area contributed by atoms with Gasteiger partial charge in [0.05, 0.1) is 19.8 Å². The summed E-state index contributed by atoms with van der Waals surface area (Å²) in [5.74, 6) is 0.736. The van der Waals surface area contributed by atoms with Gasteiger partial charge in [0.1, 0.15) is 0 Å². The Morgan fingerprint density at radius 1 is 1.35 bits per heavy atom. The SMILES string of the molecule is COCCN(C)CCNC1CCCC1C1COCCN1. The maximum atomic E-state index is 5.62. The molecule has 20 heavy (non-hydrogen) atoms. The molecule has 3 unspecified atom stereocenters. The van der Waals surface area contributed by atoms with Crippen LogP contribution in [0.15, 0.2) is 0 Å². The van der Waals surface area contributed by atoms with Crippen LogP contribution in [0.2, 0.25) is 0 Å².